The minimum absolute atomic E-state index is 0.434. The molecule has 3 rings (SSSR count). The van der Waals surface area contributed by atoms with E-state index in [0.717, 1.165) is 16.7 Å². The van der Waals surface area contributed by atoms with Crippen molar-refractivity contribution in [3.05, 3.63) is 75.5 Å². The average molecular weight is 355 g/mol. The van der Waals surface area contributed by atoms with Crippen LogP contribution in [0.15, 0.2) is 65.3 Å². The van der Waals surface area contributed by atoms with Gasteiger partial charge in [-0.25, -0.2) is 5.10 Å². The van der Waals surface area contributed by atoms with Crippen LogP contribution >= 0.6 is 23.8 Å². The van der Waals surface area contributed by atoms with Gasteiger partial charge in [-0.05, 0) is 54.5 Å². The van der Waals surface area contributed by atoms with Crippen molar-refractivity contribution in [2.45, 2.75) is 6.92 Å². The third-order valence-electron chi connectivity index (χ3n) is 3.32. The van der Waals surface area contributed by atoms with Gasteiger partial charge in [-0.3, -0.25) is 0 Å². The second kappa shape index (κ2) is 7.38. The SMILES string of the molecule is C/C(C=Nn1c(-c2ccc(Cl)cc2)n[nH]c1=S)=C\c1ccccc1. The maximum Gasteiger partial charge on any atom is 0.216 e. The molecular formula is C18H15ClN4S. The number of benzene rings is 2. The minimum atomic E-state index is 0.434. The monoisotopic (exact) mass is 354 g/mol. The van der Waals surface area contributed by atoms with Crippen molar-refractivity contribution in [3.8, 4) is 11.4 Å². The van der Waals surface area contributed by atoms with Crippen LogP contribution in [0.2, 0.25) is 5.02 Å². The number of H-pyrrole nitrogens is 1. The molecule has 0 amide bonds. The molecule has 0 radical (unpaired) electrons. The van der Waals surface area contributed by atoms with Crippen LogP contribution in [0.4, 0.5) is 0 Å². The fraction of sp³-hybridized carbons (Fsp3) is 0.0556. The molecule has 4 nitrogen and oxygen atoms in total. The van der Waals surface area contributed by atoms with Gasteiger partial charge in [0, 0.05) is 10.6 Å². The van der Waals surface area contributed by atoms with E-state index < -0.39 is 0 Å². The van der Waals surface area contributed by atoms with Gasteiger partial charge in [-0.1, -0.05) is 48.0 Å². The number of aromatic nitrogens is 3. The molecule has 0 fully saturated rings. The van der Waals surface area contributed by atoms with E-state index in [0.29, 0.717) is 15.6 Å². The molecule has 3 aromatic rings. The van der Waals surface area contributed by atoms with Gasteiger partial charge in [0.15, 0.2) is 5.82 Å². The van der Waals surface area contributed by atoms with Crippen LogP contribution in [0.1, 0.15) is 12.5 Å². The first kappa shape index (κ1) is 16.4. The van der Waals surface area contributed by atoms with E-state index in [1.54, 1.807) is 10.9 Å². The number of nitrogens with one attached hydrogen (secondary N) is 1. The minimum Gasteiger partial charge on any atom is -0.250 e. The third kappa shape index (κ3) is 3.88. The summed E-state index contributed by atoms with van der Waals surface area (Å²) in [4.78, 5) is 0. The van der Waals surface area contributed by atoms with Crippen LogP contribution in [-0.4, -0.2) is 21.1 Å². The first-order valence-electron chi connectivity index (χ1n) is 7.34. The first-order chi connectivity index (χ1) is 11.6. The number of halogens is 1. The number of nitrogens with zero attached hydrogens (tertiary/aromatic N) is 3. The van der Waals surface area contributed by atoms with Gasteiger partial charge in [0.05, 0.1) is 6.21 Å². The van der Waals surface area contributed by atoms with Crippen LogP contribution in [0.3, 0.4) is 0 Å². The van der Waals surface area contributed by atoms with Gasteiger partial charge >= 0.3 is 0 Å². The van der Waals surface area contributed by atoms with Crippen LogP contribution in [0.25, 0.3) is 17.5 Å². The number of hydrogen-bond donors (Lipinski definition) is 1. The summed E-state index contributed by atoms with van der Waals surface area (Å²) >= 11 is 11.2. The van der Waals surface area contributed by atoms with E-state index in [9.17, 15) is 0 Å². The number of aromatic amines is 1. The number of hydrogen-bond acceptors (Lipinski definition) is 3. The molecule has 0 saturated carbocycles. The highest BCUT2D eigenvalue weighted by atomic mass is 35.5. The van der Waals surface area contributed by atoms with E-state index >= 15 is 0 Å². The molecule has 0 aliphatic heterocycles. The second-order valence-electron chi connectivity index (χ2n) is 5.21. The molecule has 0 atom stereocenters. The van der Waals surface area contributed by atoms with Gasteiger partial charge < -0.3 is 0 Å². The van der Waals surface area contributed by atoms with Crippen LogP contribution < -0.4 is 0 Å². The summed E-state index contributed by atoms with van der Waals surface area (Å²) in [5.41, 5.74) is 3.01. The summed E-state index contributed by atoms with van der Waals surface area (Å²) in [5.74, 6) is 0.639. The van der Waals surface area contributed by atoms with Crippen LogP contribution in [-0.2, 0) is 0 Å². The predicted molar refractivity (Wildman–Crippen MR) is 102 cm³/mol. The Morgan fingerprint density at radius 3 is 2.58 bits per heavy atom. The summed E-state index contributed by atoms with van der Waals surface area (Å²) in [5, 5.41) is 12.1. The summed E-state index contributed by atoms with van der Waals surface area (Å²) < 4.78 is 2.03. The molecule has 1 heterocycles. The topological polar surface area (TPSA) is 46.0 Å². The van der Waals surface area contributed by atoms with E-state index in [1.807, 2.05) is 61.5 Å². The summed E-state index contributed by atoms with van der Waals surface area (Å²) in [6, 6.07) is 17.5. The maximum atomic E-state index is 5.93. The quantitative estimate of drug-likeness (QED) is 0.517. The molecule has 6 heteroatoms. The molecule has 1 N–H and O–H groups in total. The molecule has 0 saturated heterocycles. The Labute approximate surface area is 150 Å². The van der Waals surface area contributed by atoms with Gasteiger partial charge in [0.2, 0.25) is 4.77 Å². The molecule has 0 unspecified atom stereocenters. The van der Waals surface area contributed by atoms with Crippen molar-refractivity contribution in [2.75, 3.05) is 0 Å². The fourth-order valence-corrected chi connectivity index (χ4v) is 2.49. The molecule has 1 aromatic heterocycles. The number of rotatable bonds is 4. The van der Waals surface area contributed by atoms with Crippen molar-refractivity contribution in [3.63, 3.8) is 0 Å². The lowest BCUT2D eigenvalue weighted by Gasteiger charge is -2.01. The fourth-order valence-electron chi connectivity index (χ4n) is 2.18. The number of allylic oxidation sites excluding steroid dienone is 1. The lowest BCUT2D eigenvalue weighted by atomic mass is 10.1. The van der Waals surface area contributed by atoms with Crippen molar-refractivity contribution in [2.24, 2.45) is 5.10 Å². The highest BCUT2D eigenvalue weighted by molar-refractivity contribution is 7.71. The van der Waals surface area contributed by atoms with Gasteiger partial charge in [-0.15, -0.1) is 0 Å². The largest absolute Gasteiger partial charge is 0.250 e. The summed E-state index contributed by atoms with van der Waals surface area (Å²) in [6.45, 7) is 1.99. The molecular weight excluding hydrogens is 340 g/mol. The molecule has 0 aliphatic carbocycles. The van der Waals surface area contributed by atoms with E-state index in [-0.39, 0.29) is 0 Å². The molecule has 2 aromatic carbocycles. The van der Waals surface area contributed by atoms with Crippen molar-refractivity contribution < 1.29 is 0 Å². The normalized spacial score (nSPS) is 12.0. The Balaban J connectivity index is 1.90. The molecule has 0 bridgehead atoms. The van der Waals surface area contributed by atoms with Crippen molar-refractivity contribution >= 4 is 36.1 Å². The average Bonchev–Trinajstić information content (AvgIpc) is 2.95. The standard InChI is InChI=1S/C18H15ClN4S/c1-13(11-14-5-3-2-4-6-14)12-20-23-17(21-22-18(23)24)15-7-9-16(19)10-8-15/h2-12H,1H3,(H,22,24)/b13-11+,20-12?. The predicted octanol–water partition coefficient (Wildman–Crippen LogP) is 5.20. The lowest BCUT2D eigenvalue weighted by Crippen LogP contribution is -1.94. The Kier molecular flexibility index (Phi) is 5.03. The van der Waals surface area contributed by atoms with E-state index in [2.05, 4.69) is 21.4 Å². The zero-order valence-electron chi connectivity index (χ0n) is 13.0. The van der Waals surface area contributed by atoms with Crippen LogP contribution in [0.5, 0.6) is 0 Å². The smallest absolute Gasteiger partial charge is 0.216 e. The van der Waals surface area contributed by atoms with Gasteiger partial charge in [0.1, 0.15) is 0 Å². The van der Waals surface area contributed by atoms with Gasteiger partial charge in [-0.2, -0.15) is 14.9 Å². The summed E-state index contributed by atoms with van der Waals surface area (Å²) in [6.07, 6.45) is 3.81. The Morgan fingerprint density at radius 1 is 1.17 bits per heavy atom. The van der Waals surface area contributed by atoms with Crippen molar-refractivity contribution in [1.82, 2.24) is 14.9 Å². The zero-order valence-corrected chi connectivity index (χ0v) is 14.6. The van der Waals surface area contributed by atoms with Crippen LogP contribution in [0, 0.1) is 4.77 Å². The first-order valence-corrected chi connectivity index (χ1v) is 8.13. The Bertz CT molecular complexity index is 937. The summed E-state index contributed by atoms with van der Waals surface area (Å²) in [7, 11) is 0. The molecule has 120 valence electrons. The zero-order chi connectivity index (χ0) is 16.9. The second-order valence-corrected chi connectivity index (χ2v) is 6.04. The highest BCUT2D eigenvalue weighted by Crippen LogP contribution is 2.19. The Morgan fingerprint density at radius 2 is 1.88 bits per heavy atom. The van der Waals surface area contributed by atoms with E-state index in [1.165, 1.54) is 0 Å². The molecule has 24 heavy (non-hydrogen) atoms. The Hall–Kier alpha value is -2.50. The third-order valence-corrected chi connectivity index (χ3v) is 3.84. The van der Waals surface area contributed by atoms with E-state index in [4.69, 9.17) is 23.8 Å². The molecule has 0 spiro atoms. The van der Waals surface area contributed by atoms with Gasteiger partial charge in [0.25, 0.3) is 0 Å². The van der Waals surface area contributed by atoms with Crippen molar-refractivity contribution in [1.29, 1.82) is 0 Å². The highest BCUT2D eigenvalue weighted by Gasteiger charge is 2.07. The maximum absolute atomic E-state index is 5.93. The lowest BCUT2D eigenvalue weighted by molar-refractivity contribution is 0.871. The molecule has 0 aliphatic rings.